The zero-order valence-corrected chi connectivity index (χ0v) is 19.3. The van der Waals surface area contributed by atoms with Crippen LogP contribution in [0.5, 0.6) is 0 Å². The minimum absolute atomic E-state index is 0.198. The number of piperazine rings is 1. The van der Waals surface area contributed by atoms with E-state index in [0.717, 1.165) is 37.2 Å². The van der Waals surface area contributed by atoms with Crippen LogP contribution in [0.1, 0.15) is 52.5 Å². The maximum absolute atomic E-state index is 12.4. The zero-order chi connectivity index (χ0) is 20.3. The molecular formula is C22H34BrN3O2. The molecule has 0 spiro atoms. The van der Waals surface area contributed by atoms with Gasteiger partial charge in [-0.1, -0.05) is 22.0 Å². The first-order chi connectivity index (χ1) is 13.2. The summed E-state index contributed by atoms with van der Waals surface area (Å²) in [6, 6.07) is 6.97. The predicted molar refractivity (Wildman–Crippen MR) is 118 cm³/mol. The fraction of sp³-hybridized carbons (Fsp3) is 0.682. The van der Waals surface area contributed by atoms with Crippen molar-refractivity contribution < 1.29 is 9.53 Å². The molecule has 6 heteroatoms. The Labute approximate surface area is 178 Å². The van der Waals surface area contributed by atoms with Crippen molar-refractivity contribution in [2.24, 2.45) is 0 Å². The third-order valence-corrected chi connectivity index (χ3v) is 6.03. The Hall–Kier alpha value is -1.27. The van der Waals surface area contributed by atoms with E-state index in [9.17, 15) is 4.79 Å². The number of hydrogen-bond acceptors (Lipinski definition) is 4. The molecule has 2 saturated heterocycles. The van der Waals surface area contributed by atoms with Crippen molar-refractivity contribution in [3.8, 4) is 0 Å². The van der Waals surface area contributed by atoms with Crippen molar-refractivity contribution in [3.05, 3.63) is 28.2 Å². The van der Waals surface area contributed by atoms with Crippen LogP contribution in [0, 0.1) is 0 Å². The summed E-state index contributed by atoms with van der Waals surface area (Å²) in [5, 5.41) is 0. The normalized spacial score (nSPS) is 21.7. The molecule has 0 saturated carbocycles. The van der Waals surface area contributed by atoms with Crippen molar-refractivity contribution in [2.75, 3.05) is 37.6 Å². The highest BCUT2D eigenvalue weighted by atomic mass is 79.9. The quantitative estimate of drug-likeness (QED) is 0.655. The third kappa shape index (κ3) is 5.63. The van der Waals surface area contributed by atoms with Gasteiger partial charge in [0.1, 0.15) is 5.60 Å². The number of anilines is 1. The summed E-state index contributed by atoms with van der Waals surface area (Å²) in [5.41, 5.74) is 2.29. The Bertz CT molecular complexity index is 683. The lowest BCUT2D eigenvalue weighted by molar-refractivity contribution is 0.00462. The van der Waals surface area contributed by atoms with Gasteiger partial charge in [0.25, 0.3) is 0 Å². The highest BCUT2D eigenvalue weighted by Gasteiger charge is 2.30. The number of carbonyl (C=O) groups excluding carboxylic acids is 1. The minimum Gasteiger partial charge on any atom is -0.444 e. The fourth-order valence-electron chi connectivity index (χ4n) is 4.04. The molecule has 1 aromatic carbocycles. The number of amides is 1. The lowest BCUT2D eigenvalue weighted by atomic mass is 10.1. The van der Waals surface area contributed by atoms with Gasteiger partial charge in [-0.2, -0.15) is 0 Å². The summed E-state index contributed by atoms with van der Waals surface area (Å²) in [5.74, 6) is 0. The van der Waals surface area contributed by atoms with Gasteiger partial charge in [0.05, 0.1) is 0 Å². The monoisotopic (exact) mass is 451 g/mol. The van der Waals surface area contributed by atoms with E-state index in [1.165, 1.54) is 30.5 Å². The first-order valence-electron chi connectivity index (χ1n) is 10.5. The summed E-state index contributed by atoms with van der Waals surface area (Å²) < 4.78 is 6.69. The van der Waals surface area contributed by atoms with Crippen LogP contribution in [-0.2, 0) is 11.3 Å². The molecule has 0 unspecified atom stereocenters. The molecule has 0 radical (unpaired) electrons. The van der Waals surface area contributed by atoms with Crippen LogP contribution < -0.4 is 4.90 Å². The van der Waals surface area contributed by atoms with E-state index in [0.29, 0.717) is 12.6 Å². The molecule has 2 fully saturated rings. The maximum atomic E-state index is 12.4. The van der Waals surface area contributed by atoms with Gasteiger partial charge in [0, 0.05) is 55.5 Å². The summed E-state index contributed by atoms with van der Waals surface area (Å²) in [7, 11) is 0. The molecular weight excluding hydrogens is 418 g/mol. The van der Waals surface area contributed by atoms with E-state index < -0.39 is 5.60 Å². The maximum Gasteiger partial charge on any atom is 0.410 e. The average molecular weight is 452 g/mol. The Morgan fingerprint density at radius 1 is 1.14 bits per heavy atom. The molecule has 0 aliphatic carbocycles. The van der Waals surface area contributed by atoms with Gasteiger partial charge in [0.2, 0.25) is 0 Å². The molecule has 0 N–H and O–H groups in total. The number of hydrogen-bond donors (Lipinski definition) is 0. The predicted octanol–water partition coefficient (Wildman–Crippen LogP) is 4.88. The second-order valence-electron chi connectivity index (χ2n) is 9.07. The van der Waals surface area contributed by atoms with Crippen molar-refractivity contribution in [2.45, 2.75) is 65.1 Å². The second kappa shape index (κ2) is 9.04. The van der Waals surface area contributed by atoms with Crippen LogP contribution in [-0.4, -0.2) is 60.3 Å². The number of halogens is 1. The van der Waals surface area contributed by atoms with Crippen LogP contribution in [0.3, 0.4) is 0 Å². The highest BCUT2D eigenvalue weighted by Crippen LogP contribution is 2.30. The Morgan fingerprint density at radius 3 is 2.50 bits per heavy atom. The molecule has 3 rings (SSSR count). The Kier molecular flexibility index (Phi) is 6.92. The van der Waals surface area contributed by atoms with Crippen LogP contribution >= 0.6 is 15.9 Å². The number of benzene rings is 1. The van der Waals surface area contributed by atoms with Crippen molar-refractivity contribution in [1.29, 1.82) is 0 Å². The topological polar surface area (TPSA) is 36.0 Å². The number of piperidine rings is 1. The van der Waals surface area contributed by atoms with Crippen LogP contribution in [0.4, 0.5) is 10.5 Å². The van der Waals surface area contributed by atoms with Gasteiger partial charge < -0.3 is 14.5 Å². The van der Waals surface area contributed by atoms with Gasteiger partial charge in [-0.25, -0.2) is 4.79 Å². The molecule has 28 heavy (non-hydrogen) atoms. The van der Waals surface area contributed by atoms with Crippen LogP contribution in [0.15, 0.2) is 22.7 Å². The van der Waals surface area contributed by atoms with Crippen molar-refractivity contribution >= 4 is 27.7 Å². The lowest BCUT2D eigenvalue weighted by Gasteiger charge is -2.41. The number of rotatable bonds is 3. The molecule has 2 heterocycles. The first-order valence-corrected chi connectivity index (χ1v) is 11.3. The van der Waals surface area contributed by atoms with Gasteiger partial charge in [0.15, 0.2) is 0 Å². The van der Waals surface area contributed by atoms with E-state index in [2.05, 4.69) is 50.9 Å². The summed E-state index contributed by atoms with van der Waals surface area (Å²) >= 11 is 3.65. The van der Waals surface area contributed by atoms with E-state index >= 15 is 0 Å². The Morgan fingerprint density at radius 2 is 1.86 bits per heavy atom. The molecule has 1 atom stereocenters. The molecule has 0 bridgehead atoms. The fourth-order valence-corrected chi connectivity index (χ4v) is 4.39. The largest absolute Gasteiger partial charge is 0.444 e. The summed E-state index contributed by atoms with van der Waals surface area (Å²) in [6.45, 7) is 13.5. The number of ether oxygens (including phenoxy) is 1. The van der Waals surface area contributed by atoms with E-state index in [-0.39, 0.29) is 6.09 Å². The van der Waals surface area contributed by atoms with Crippen molar-refractivity contribution in [3.63, 3.8) is 0 Å². The number of nitrogens with zero attached hydrogens (tertiary/aromatic N) is 3. The minimum atomic E-state index is -0.446. The molecule has 2 aliphatic rings. The number of carbonyl (C=O) groups is 1. The van der Waals surface area contributed by atoms with Crippen molar-refractivity contribution in [1.82, 2.24) is 9.80 Å². The molecule has 0 aromatic heterocycles. The standard InChI is InChI=1S/C22H34BrN3O2/c1-17-15-26(21(27)28-22(2,3)4)13-12-25(17)16-18-8-9-19(23)14-20(18)24-10-6-5-7-11-24/h8-9,14,17H,5-7,10-13,15-16H2,1-4H3/t17-/m1/s1. The first kappa shape index (κ1) is 21.4. The zero-order valence-electron chi connectivity index (χ0n) is 17.7. The van der Waals surface area contributed by atoms with Gasteiger partial charge in [-0.3, -0.25) is 4.90 Å². The molecule has 1 amide bonds. The third-order valence-electron chi connectivity index (χ3n) is 5.53. The van der Waals surface area contributed by atoms with Crippen LogP contribution in [0.2, 0.25) is 0 Å². The second-order valence-corrected chi connectivity index (χ2v) is 9.98. The summed E-state index contributed by atoms with van der Waals surface area (Å²) in [4.78, 5) is 19.3. The molecule has 1 aromatic rings. The Balaban J connectivity index is 1.66. The molecule has 5 nitrogen and oxygen atoms in total. The average Bonchev–Trinajstić information content (AvgIpc) is 2.64. The highest BCUT2D eigenvalue weighted by molar-refractivity contribution is 9.10. The lowest BCUT2D eigenvalue weighted by Crippen LogP contribution is -2.54. The smallest absolute Gasteiger partial charge is 0.410 e. The van der Waals surface area contributed by atoms with Crippen LogP contribution in [0.25, 0.3) is 0 Å². The summed E-state index contributed by atoms with van der Waals surface area (Å²) in [6.07, 6.45) is 3.69. The molecule has 2 aliphatic heterocycles. The van der Waals surface area contributed by atoms with E-state index in [1.54, 1.807) is 0 Å². The van der Waals surface area contributed by atoms with Gasteiger partial charge in [-0.15, -0.1) is 0 Å². The van der Waals surface area contributed by atoms with E-state index in [1.807, 2.05) is 25.7 Å². The van der Waals surface area contributed by atoms with E-state index in [4.69, 9.17) is 4.74 Å². The van der Waals surface area contributed by atoms with Gasteiger partial charge in [-0.05, 0) is 64.7 Å². The molecule has 156 valence electrons. The van der Waals surface area contributed by atoms with Gasteiger partial charge >= 0.3 is 6.09 Å². The SMILES string of the molecule is C[C@@H]1CN(C(=O)OC(C)(C)C)CCN1Cc1ccc(Br)cc1N1CCCCC1.